The Kier molecular flexibility index (Phi) is 6.87. The zero-order valence-electron chi connectivity index (χ0n) is 21.4. The van der Waals surface area contributed by atoms with E-state index in [9.17, 15) is 4.79 Å². The van der Waals surface area contributed by atoms with Crippen LogP contribution in [-0.2, 0) is 30.0 Å². The summed E-state index contributed by atoms with van der Waals surface area (Å²) in [6, 6.07) is 7.66. The zero-order valence-corrected chi connectivity index (χ0v) is 21.4. The number of imidazole rings is 2. The number of hydrogen-bond donors (Lipinski definition) is 3. The fourth-order valence-electron chi connectivity index (χ4n) is 4.60. The van der Waals surface area contributed by atoms with Crippen molar-refractivity contribution < 1.29 is 9.53 Å². The number of aromatic amines is 1. The van der Waals surface area contributed by atoms with Gasteiger partial charge in [0, 0.05) is 46.4 Å². The lowest BCUT2D eigenvalue weighted by Gasteiger charge is -2.19. The number of pyridine rings is 2. The van der Waals surface area contributed by atoms with Crippen LogP contribution in [0.4, 0.5) is 5.82 Å². The lowest BCUT2D eigenvalue weighted by molar-refractivity contribution is -0.121. The molecule has 0 fully saturated rings. The van der Waals surface area contributed by atoms with Crippen molar-refractivity contribution in [3.05, 3.63) is 54.5 Å². The highest BCUT2D eigenvalue weighted by atomic mass is 16.5. The second kappa shape index (κ2) is 10.4. The number of methoxy groups -OCH3 is 1. The lowest BCUT2D eigenvalue weighted by atomic mass is 10.1. The summed E-state index contributed by atoms with van der Waals surface area (Å²) in [4.78, 5) is 34.7. The lowest BCUT2D eigenvalue weighted by Crippen LogP contribution is -2.30. The molecule has 0 saturated heterocycles. The molecular formula is C26H31N9O2. The molecule has 1 atom stereocenters. The van der Waals surface area contributed by atoms with E-state index >= 15 is 0 Å². The Morgan fingerprint density at radius 1 is 1.19 bits per heavy atom. The number of carbonyl (C=O) groups excluding carboxylic acids is 1. The van der Waals surface area contributed by atoms with Crippen molar-refractivity contribution in [1.29, 1.82) is 0 Å². The molecule has 5 rings (SSSR count). The minimum Gasteiger partial charge on any atom is -0.385 e. The average Bonchev–Trinajstić information content (AvgIpc) is 3.61. The van der Waals surface area contributed by atoms with Crippen LogP contribution >= 0.6 is 0 Å². The molecule has 0 aromatic carbocycles. The van der Waals surface area contributed by atoms with Crippen molar-refractivity contribution in [2.24, 2.45) is 14.1 Å². The molecule has 5 aromatic heterocycles. The molecule has 0 aliphatic carbocycles. The number of nitrogens with zero attached hydrogens (tertiary/aromatic N) is 6. The quantitative estimate of drug-likeness (QED) is 0.251. The molecule has 0 unspecified atom stereocenters. The van der Waals surface area contributed by atoms with Crippen LogP contribution in [0.1, 0.15) is 30.3 Å². The predicted octanol–water partition coefficient (Wildman–Crippen LogP) is 3.11. The smallest absolute Gasteiger partial charge is 0.226 e. The first kappa shape index (κ1) is 24.4. The number of carbonyl (C=O) groups is 1. The van der Waals surface area contributed by atoms with Gasteiger partial charge in [0.25, 0.3) is 0 Å². The Morgan fingerprint density at radius 2 is 2.05 bits per heavy atom. The second-order valence-corrected chi connectivity index (χ2v) is 9.12. The van der Waals surface area contributed by atoms with E-state index in [0.717, 1.165) is 51.3 Å². The monoisotopic (exact) mass is 501 g/mol. The van der Waals surface area contributed by atoms with Gasteiger partial charge in [-0.2, -0.15) is 0 Å². The largest absolute Gasteiger partial charge is 0.385 e. The van der Waals surface area contributed by atoms with Crippen molar-refractivity contribution in [1.82, 2.24) is 39.4 Å². The summed E-state index contributed by atoms with van der Waals surface area (Å²) in [6.07, 6.45) is 7.03. The van der Waals surface area contributed by atoms with Crippen molar-refractivity contribution in [2.75, 3.05) is 26.1 Å². The molecular weight excluding hydrogens is 470 g/mol. The molecule has 0 aliphatic heterocycles. The Hall–Kier alpha value is -4.25. The normalized spacial score (nSPS) is 12.3. The van der Waals surface area contributed by atoms with Gasteiger partial charge in [0.05, 0.1) is 53.4 Å². The second-order valence-electron chi connectivity index (χ2n) is 9.12. The molecule has 0 radical (unpaired) electrons. The topological polar surface area (TPSA) is 128 Å². The molecule has 3 N–H and O–H groups in total. The third kappa shape index (κ3) is 5.03. The van der Waals surface area contributed by atoms with E-state index in [1.54, 1.807) is 19.8 Å². The summed E-state index contributed by atoms with van der Waals surface area (Å²) in [5, 5.41) is 7.25. The Bertz CT molecular complexity index is 1550. The van der Waals surface area contributed by atoms with Crippen molar-refractivity contribution in [3.8, 4) is 11.4 Å². The van der Waals surface area contributed by atoms with Gasteiger partial charge in [0.1, 0.15) is 11.2 Å². The number of fused-ring (bicyclic) bond motifs is 3. The van der Waals surface area contributed by atoms with Crippen LogP contribution in [-0.4, -0.2) is 60.7 Å². The Labute approximate surface area is 214 Å². The SMILES string of the molecule is CNc1nc2[nH]c(-c3cccc([C@H](CCCOC)NC(=O)Cc4cn(C)cn4)n3)cc2c2c1ncn2C. The number of anilines is 1. The molecule has 11 heteroatoms. The van der Waals surface area contributed by atoms with Crippen molar-refractivity contribution >= 4 is 33.8 Å². The zero-order chi connectivity index (χ0) is 25.9. The van der Waals surface area contributed by atoms with E-state index in [1.807, 2.05) is 54.7 Å². The van der Waals surface area contributed by atoms with Gasteiger partial charge in [-0.15, -0.1) is 0 Å². The van der Waals surface area contributed by atoms with Crippen LogP contribution < -0.4 is 10.6 Å². The van der Waals surface area contributed by atoms with Gasteiger partial charge in [0.15, 0.2) is 5.82 Å². The van der Waals surface area contributed by atoms with Crippen LogP contribution in [0.2, 0.25) is 0 Å². The highest BCUT2D eigenvalue weighted by Gasteiger charge is 2.19. The number of H-pyrrole nitrogens is 1. The van der Waals surface area contributed by atoms with Gasteiger partial charge in [-0.25, -0.2) is 19.9 Å². The maximum atomic E-state index is 12.9. The molecule has 0 aliphatic rings. The number of aromatic nitrogens is 7. The van der Waals surface area contributed by atoms with Gasteiger partial charge in [-0.1, -0.05) is 6.07 Å². The fraction of sp³-hybridized carbons (Fsp3) is 0.346. The maximum Gasteiger partial charge on any atom is 0.226 e. The molecule has 5 aromatic rings. The van der Waals surface area contributed by atoms with E-state index in [-0.39, 0.29) is 18.4 Å². The fourth-order valence-corrected chi connectivity index (χ4v) is 4.60. The summed E-state index contributed by atoms with van der Waals surface area (Å²) >= 11 is 0. The molecule has 1 amide bonds. The van der Waals surface area contributed by atoms with Crippen LogP contribution in [0.3, 0.4) is 0 Å². The van der Waals surface area contributed by atoms with E-state index in [4.69, 9.17) is 14.7 Å². The van der Waals surface area contributed by atoms with Crippen molar-refractivity contribution in [3.63, 3.8) is 0 Å². The third-order valence-corrected chi connectivity index (χ3v) is 6.35. The number of rotatable bonds is 10. The first-order chi connectivity index (χ1) is 18.0. The first-order valence-electron chi connectivity index (χ1n) is 12.2. The number of hydrogen-bond acceptors (Lipinski definition) is 7. The maximum absolute atomic E-state index is 12.9. The van der Waals surface area contributed by atoms with Gasteiger partial charge in [-0.05, 0) is 31.0 Å². The standard InChI is InChI=1S/C26H31N9O2/c1-27-26-23-24(35(3)15-29-23)17-12-21(32-25(17)33-26)20-8-5-7-18(30-20)19(9-6-10-37-4)31-22(36)11-16-13-34(2)14-28-16/h5,7-8,12-15,19H,6,9-11H2,1-4H3,(H,31,36)(H2,27,32,33)/t19-/m0/s1. The summed E-state index contributed by atoms with van der Waals surface area (Å²) < 4.78 is 9.07. The average molecular weight is 502 g/mol. The van der Waals surface area contributed by atoms with E-state index in [1.165, 1.54) is 0 Å². The molecule has 0 saturated carbocycles. The van der Waals surface area contributed by atoms with Gasteiger partial charge < -0.3 is 29.5 Å². The molecule has 5 heterocycles. The summed E-state index contributed by atoms with van der Waals surface area (Å²) in [5.41, 5.74) is 5.69. The number of ether oxygens (including phenoxy) is 1. The number of nitrogens with one attached hydrogen (secondary N) is 3. The molecule has 0 spiro atoms. The van der Waals surface area contributed by atoms with Gasteiger partial charge >= 0.3 is 0 Å². The molecule has 37 heavy (non-hydrogen) atoms. The van der Waals surface area contributed by atoms with Gasteiger partial charge in [-0.3, -0.25) is 4.79 Å². The minimum atomic E-state index is -0.256. The van der Waals surface area contributed by atoms with Gasteiger partial charge in [0.2, 0.25) is 5.91 Å². The van der Waals surface area contributed by atoms with Crippen LogP contribution in [0.15, 0.2) is 43.1 Å². The van der Waals surface area contributed by atoms with E-state index < -0.39 is 0 Å². The highest BCUT2D eigenvalue weighted by Crippen LogP contribution is 2.31. The highest BCUT2D eigenvalue weighted by molar-refractivity contribution is 6.07. The van der Waals surface area contributed by atoms with Crippen molar-refractivity contribution in [2.45, 2.75) is 25.3 Å². The molecule has 11 nitrogen and oxygen atoms in total. The number of aryl methyl sites for hydroxylation is 2. The number of amides is 1. The van der Waals surface area contributed by atoms with Crippen LogP contribution in [0.25, 0.3) is 33.5 Å². The van der Waals surface area contributed by atoms with E-state index in [2.05, 4.69) is 31.7 Å². The summed E-state index contributed by atoms with van der Waals surface area (Å²) in [7, 11) is 7.37. The van der Waals surface area contributed by atoms with Crippen LogP contribution in [0.5, 0.6) is 0 Å². The predicted molar refractivity (Wildman–Crippen MR) is 142 cm³/mol. The Morgan fingerprint density at radius 3 is 2.81 bits per heavy atom. The van der Waals surface area contributed by atoms with E-state index in [0.29, 0.717) is 18.8 Å². The minimum absolute atomic E-state index is 0.0960. The molecule has 0 bridgehead atoms. The summed E-state index contributed by atoms with van der Waals surface area (Å²) in [5.74, 6) is 0.619. The first-order valence-corrected chi connectivity index (χ1v) is 12.2. The molecule has 192 valence electrons. The summed E-state index contributed by atoms with van der Waals surface area (Å²) in [6.45, 7) is 0.606. The Balaban J connectivity index is 1.46. The van der Waals surface area contributed by atoms with Crippen LogP contribution in [0, 0.1) is 0 Å². The third-order valence-electron chi connectivity index (χ3n) is 6.35.